The Bertz CT molecular complexity index is 452. The van der Waals surface area contributed by atoms with E-state index in [9.17, 15) is 0 Å². The van der Waals surface area contributed by atoms with Gasteiger partial charge >= 0.3 is 0 Å². The molecule has 2 N–H and O–H groups in total. The summed E-state index contributed by atoms with van der Waals surface area (Å²) in [5.74, 6) is 0. The molecule has 24 heavy (non-hydrogen) atoms. The Hall–Kier alpha value is -0.940. The Morgan fingerprint density at radius 1 is 0.500 bits per heavy atom. The highest BCUT2D eigenvalue weighted by atomic mass is 32.1. The van der Waals surface area contributed by atoms with Crippen molar-refractivity contribution in [1.29, 1.82) is 0 Å². The van der Waals surface area contributed by atoms with Gasteiger partial charge in [-0.25, -0.2) is 0 Å². The topological polar surface area (TPSA) is 8.88 Å². The fourth-order valence-corrected chi connectivity index (χ4v) is 3.30. The summed E-state index contributed by atoms with van der Waals surface area (Å²) in [6, 6.07) is 0. The third kappa shape index (κ3) is 8.25. The van der Waals surface area contributed by atoms with E-state index in [2.05, 4.69) is 24.8 Å². The first kappa shape index (κ1) is 19.4. The van der Waals surface area contributed by atoms with Gasteiger partial charge in [0.05, 0.1) is 13.1 Å². The summed E-state index contributed by atoms with van der Waals surface area (Å²) in [7, 11) is 0. The van der Waals surface area contributed by atoms with Gasteiger partial charge in [-0.3, -0.25) is 9.80 Å². The Balaban J connectivity index is 1.36. The first-order valence-corrected chi connectivity index (χ1v) is 10.1. The largest absolute Gasteiger partial charge is 0.282 e. The highest BCUT2D eigenvalue weighted by Crippen LogP contribution is 2.07. The first-order chi connectivity index (χ1) is 11.7. The van der Waals surface area contributed by atoms with Crippen molar-refractivity contribution in [3.63, 3.8) is 0 Å². The molecular weight excluding hydrogens is 332 g/mol. The third-order valence-corrected chi connectivity index (χ3v) is 5.07. The lowest BCUT2D eigenvalue weighted by Gasteiger charge is -2.12. The highest BCUT2D eigenvalue weighted by molar-refractivity contribution is 7.81. The molecule has 0 aromatic rings. The second kappa shape index (κ2) is 11.6. The number of quaternary nitrogens is 2. The molecule has 0 amide bonds. The maximum absolute atomic E-state index is 5.11. The van der Waals surface area contributed by atoms with Gasteiger partial charge in [-0.2, -0.15) is 0 Å². The molecule has 2 aliphatic rings. The molecule has 0 aromatic carbocycles. The van der Waals surface area contributed by atoms with Gasteiger partial charge in [-0.05, 0) is 25.7 Å². The molecule has 0 saturated heterocycles. The molecular formula is C20H30N2S2+2. The molecule has 0 bridgehead atoms. The van der Waals surface area contributed by atoms with Gasteiger partial charge in [-0.15, -0.1) is 0 Å². The molecule has 0 radical (unpaired) electrons. The Kier molecular flexibility index (Phi) is 9.36. The van der Waals surface area contributed by atoms with Crippen LogP contribution in [0.3, 0.4) is 0 Å². The van der Waals surface area contributed by atoms with Gasteiger partial charge in [-0.1, -0.05) is 50.1 Å². The van der Waals surface area contributed by atoms with Crippen molar-refractivity contribution in [2.75, 3.05) is 13.1 Å². The maximum Gasteiger partial charge on any atom is 0.100 e. The lowest BCUT2D eigenvalue weighted by atomic mass is 10.1. The van der Waals surface area contributed by atoms with E-state index in [1.807, 2.05) is 24.3 Å². The molecule has 0 spiro atoms. The average Bonchev–Trinajstić information content (AvgIpc) is 2.60. The van der Waals surface area contributed by atoms with E-state index in [1.165, 1.54) is 74.3 Å². The maximum atomic E-state index is 5.11. The zero-order chi connectivity index (χ0) is 17.0. The van der Waals surface area contributed by atoms with Crippen molar-refractivity contribution >= 4 is 34.2 Å². The van der Waals surface area contributed by atoms with Crippen LogP contribution in [-0.2, 0) is 0 Å². The van der Waals surface area contributed by atoms with E-state index in [4.69, 9.17) is 24.4 Å². The van der Waals surface area contributed by atoms with E-state index in [-0.39, 0.29) is 0 Å². The van der Waals surface area contributed by atoms with Crippen LogP contribution in [0.5, 0.6) is 0 Å². The van der Waals surface area contributed by atoms with Gasteiger partial charge < -0.3 is 0 Å². The predicted molar refractivity (Wildman–Crippen MR) is 110 cm³/mol. The molecule has 2 nitrogen and oxygen atoms in total. The van der Waals surface area contributed by atoms with Crippen molar-refractivity contribution in [2.24, 2.45) is 0 Å². The molecule has 0 saturated carbocycles. The van der Waals surface area contributed by atoms with Gasteiger partial charge in [0.25, 0.3) is 0 Å². The van der Waals surface area contributed by atoms with E-state index in [1.54, 1.807) is 0 Å². The van der Waals surface area contributed by atoms with Crippen LogP contribution in [-0.4, -0.2) is 22.8 Å². The lowest BCUT2D eigenvalue weighted by molar-refractivity contribution is -0.790. The second-order valence-corrected chi connectivity index (χ2v) is 7.56. The number of hydrogen-bond donors (Lipinski definition) is 2. The summed E-state index contributed by atoms with van der Waals surface area (Å²) in [6.45, 7) is 2.39. The molecule has 2 heterocycles. The zero-order valence-electron chi connectivity index (χ0n) is 14.5. The number of hydrogen-bond acceptors (Lipinski definition) is 2. The smallest absolute Gasteiger partial charge is 0.100 e. The van der Waals surface area contributed by atoms with Gasteiger partial charge in [0.15, 0.2) is 0 Å². The summed E-state index contributed by atoms with van der Waals surface area (Å²) < 4.78 is 0. The molecule has 130 valence electrons. The summed E-state index contributed by atoms with van der Waals surface area (Å²) in [5, 5.41) is 0. The van der Waals surface area contributed by atoms with Gasteiger partial charge in [0, 0.05) is 34.0 Å². The third-order valence-electron chi connectivity index (χ3n) is 4.53. The van der Waals surface area contributed by atoms with Gasteiger partial charge in [0.2, 0.25) is 0 Å². The van der Waals surface area contributed by atoms with Crippen LogP contribution in [0.2, 0.25) is 0 Å². The molecule has 0 aliphatic carbocycles. The molecule has 0 atom stereocenters. The van der Waals surface area contributed by atoms with Crippen LogP contribution in [0, 0.1) is 0 Å². The van der Waals surface area contributed by atoms with Crippen molar-refractivity contribution in [3.05, 3.63) is 49.1 Å². The zero-order valence-corrected chi connectivity index (χ0v) is 16.1. The van der Waals surface area contributed by atoms with Crippen LogP contribution in [0.25, 0.3) is 0 Å². The monoisotopic (exact) mass is 362 g/mol. The SMILES string of the molecule is S=C1C=C[NH+](CCCCCCCCCC[NH+]2C=CC(=S)C=C2)C=C1. The molecule has 2 rings (SSSR count). The fraction of sp³-hybridized carbons (Fsp3) is 0.500. The quantitative estimate of drug-likeness (QED) is 0.432. The van der Waals surface area contributed by atoms with Crippen molar-refractivity contribution in [1.82, 2.24) is 0 Å². The summed E-state index contributed by atoms with van der Waals surface area (Å²) in [4.78, 5) is 4.73. The fourth-order valence-electron chi connectivity index (χ4n) is 3.03. The molecule has 4 heteroatoms. The summed E-state index contributed by atoms with van der Waals surface area (Å²) >= 11 is 10.2. The number of rotatable bonds is 11. The molecule has 0 unspecified atom stereocenters. The highest BCUT2D eigenvalue weighted by Gasteiger charge is 2.06. The van der Waals surface area contributed by atoms with Crippen LogP contribution in [0.4, 0.5) is 0 Å². The van der Waals surface area contributed by atoms with Crippen LogP contribution in [0.15, 0.2) is 49.1 Å². The Labute approximate surface area is 157 Å². The van der Waals surface area contributed by atoms with E-state index in [0.717, 1.165) is 9.73 Å². The van der Waals surface area contributed by atoms with Crippen molar-refractivity contribution in [3.8, 4) is 0 Å². The molecule has 2 aliphatic heterocycles. The number of nitrogens with one attached hydrogen (secondary N) is 2. The van der Waals surface area contributed by atoms with Crippen LogP contribution in [0.1, 0.15) is 51.4 Å². The minimum atomic E-state index is 0.941. The molecule has 0 aromatic heterocycles. The first-order valence-electron chi connectivity index (χ1n) is 9.26. The lowest BCUT2D eigenvalue weighted by Crippen LogP contribution is -3.03. The number of allylic oxidation sites excluding steroid dienone is 4. The number of thiocarbonyl (C=S) groups is 2. The second-order valence-electron chi connectivity index (χ2n) is 6.62. The van der Waals surface area contributed by atoms with Crippen molar-refractivity contribution in [2.45, 2.75) is 51.4 Å². The van der Waals surface area contributed by atoms with E-state index >= 15 is 0 Å². The van der Waals surface area contributed by atoms with Crippen molar-refractivity contribution < 1.29 is 9.80 Å². The summed E-state index contributed by atoms with van der Waals surface area (Å²) in [6.07, 6.45) is 27.7. The Morgan fingerprint density at radius 2 is 0.792 bits per heavy atom. The van der Waals surface area contributed by atoms with E-state index in [0.29, 0.717) is 0 Å². The minimum Gasteiger partial charge on any atom is -0.282 e. The summed E-state index contributed by atoms with van der Waals surface area (Å²) in [5.41, 5.74) is 0. The van der Waals surface area contributed by atoms with E-state index < -0.39 is 0 Å². The van der Waals surface area contributed by atoms with Crippen LogP contribution < -0.4 is 9.80 Å². The average molecular weight is 363 g/mol. The normalized spacial score (nSPS) is 18.0. The minimum absolute atomic E-state index is 0.941. The standard InChI is InChI=1S/C20H28N2S2/c23-19-9-15-21(16-10-19)13-7-5-3-1-2-4-6-8-14-22-17-11-20(24)12-18-22/h9-12,15-18H,1-8,13-14H2/p+2. The Morgan fingerprint density at radius 3 is 1.12 bits per heavy atom. The number of unbranched alkanes of at least 4 members (excludes halogenated alkanes) is 7. The predicted octanol–water partition coefficient (Wildman–Crippen LogP) is 2.70. The van der Waals surface area contributed by atoms with Gasteiger partial charge in [0.1, 0.15) is 24.8 Å². The van der Waals surface area contributed by atoms with Crippen LogP contribution >= 0.6 is 24.4 Å². The molecule has 0 fully saturated rings.